The third-order valence-electron chi connectivity index (χ3n) is 3.41. The maximum Gasteiger partial charge on any atom is 0.319 e. The minimum absolute atomic E-state index is 0.274. The number of ether oxygens (including phenoxy) is 1. The van der Waals surface area contributed by atoms with E-state index in [1.54, 1.807) is 30.7 Å². The largest absolute Gasteiger partial charge is 0.497 e. The zero-order chi connectivity index (χ0) is 16.8. The molecule has 0 saturated heterocycles. The Morgan fingerprint density at radius 2 is 2.12 bits per heavy atom. The molecule has 0 bridgehead atoms. The third-order valence-corrected chi connectivity index (χ3v) is 4.29. The number of benzene rings is 1. The van der Waals surface area contributed by atoms with Crippen molar-refractivity contribution in [2.45, 2.75) is 6.54 Å². The van der Waals surface area contributed by atoms with Crippen molar-refractivity contribution in [2.24, 2.45) is 0 Å². The van der Waals surface area contributed by atoms with E-state index in [-0.39, 0.29) is 6.03 Å². The fraction of sp³-hybridized carbons (Fsp3) is 0.111. The summed E-state index contributed by atoms with van der Waals surface area (Å²) in [6.07, 6.45) is 1.76. The van der Waals surface area contributed by atoms with Crippen LogP contribution in [0.25, 0.3) is 10.6 Å². The number of urea groups is 1. The highest BCUT2D eigenvalue weighted by Crippen LogP contribution is 2.25. The van der Waals surface area contributed by atoms with Crippen LogP contribution < -0.4 is 15.4 Å². The fourth-order valence-corrected chi connectivity index (χ4v) is 3.02. The predicted molar refractivity (Wildman–Crippen MR) is 96.4 cm³/mol. The molecular weight excluding hydrogens is 322 g/mol. The van der Waals surface area contributed by atoms with Crippen LogP contribution in [0.5, 0.6) is 5.75 Å². The van der Waals surface area contributed by atoms with Crippen molar-refractivity contribution in [3.05, 3.63) is 65.7 Å². The van der Waals surface area contributed by atoms with E-state index in [1.165, 1.54) is 0 Å². The van der Waals surface area contributed by atoms with Crippen molar-refractivity contribution in [3.8, 4) is 16.3 Å². The lowest BCUT2D eigenvalue weighted by Gasteiger charge is -2.10. The predicted octanol–water partition coefficient (Wildman–Crippen LogP) is 4.14. The van der Waals surface area contributed by atoms with Gasteiger partial charge in [-0.1, -0.05) is 18.2 Å². The summed E-state index contributed by atoms with van der Waals surface area (Å²) < 4.78 is 5.14. The number of nitrogens with one attached hydrogen (secondary N) is 2. The van der Waals surface area contributed by atoms with Crippen molar-refractivity contribution >= 4 is 23.1 Å². The molecule has 3 rings (SSSR count). The number of nitrogens with zero attached hydrogens (tertiary/aromatic N) is 1. The van der Waals surface area contributed by atoms with Gasteiger partial charge in [0.15, 0.2) is 0 Å². The van der Waals surface area contributed by atoms with Gasteiger partial charge in [-0.3, -0.25) is 4.98 Å². The van der Waals surface area contributed by atoms with Crippen molar-refractivity contribution in [3.63, 3.8) is 0 Å². The van der Waals surface area contributed by atoms with Crippen LogP contribution in [0, 0.1) is 0 Å². The maximum absolute atomic E-state index is 12.1. The summed E-state index contributed by atoms with van der Waals surface area (Å²) in [5.41, 5.74) is 2.55. The van der Waals surface area contributed by atoms with Crippen LogP contribution >= 0.6 is 11.3 Å². The second-order valence-electron chi connectivity index (χ2n) is 5.03. The van der Waals surface area contributed by atoms with Gasteiger partial charge in [0, 0.05) is 24.5 Å². The van der Waals surface area contributed by atoms with Gasteiger partial charge < -0.3 is 15.4 Å². The molecule has 6 heteroatoms. The second kappa shape index (κ2) is 7.61. The first kappa shape index (κ1) is 16.0. The lowest BCUT2D eigenvalue weighted by atomic mass is 10.1. The Morgan fingerprint density at radius 3 is 2.92 bits per heavy atom. The first-order valence-electron chi connectivity index (χ1n) is 7.43. The monoisotopic (exact) mass is 339 g/mol. The van der Waals surface area contributed by atoms with Gasteiger partial charge in [-0.05, 0) is 35.2 Å². The van der Waals surface area contributed by atoms with Gasteiger partial charge in [-0.15, -0.1) is 11.3 Å². The number of anilines is 1. The molecule has 0 spiro atoms. The van der Waals surface area contributed by atoms with Crippen molar-refractivity contribution in [2.75, 3.05) is 12.4 Å². The number of thiophene rings is 1. The summed E-state index contributed by atoms with van der Waals surface area (Å²) in [6.45, 7) is 0.400. The minimum atomic E-state index is -0.274. The molecule has 24 heavy (non-hydrogen) atoms. The number of pyridine rings is 1. The SMILES string of the molecule is COc1cccc(NC(=O)NCc2cccnc2-c2cccs2)c1. The first-order chi connectivity index (χ1) is 11.8. The lowest BCUT2D eigenvalue weighted by Crippen LogP contribution is -2.28. The number of carbonyl (C=O) groups excluding carboxylic acids is 1. The van der Waals surface area contributed by atoms with Crippen LogP contribution in [0.2, 0.25) is 0 Å². The van der Waals surface area contributed by atoms with E-state index >= 15 is 0 Å². The van der Waals surface area contributed by atoms with Crippen LogP contribution in [0.1, 0.15) is 5.56 Å². The maximum atomic E-state index is 12.1. The number of amides is 2. The summed E-state index contributed by atoms with van der Waals surface area (Å²) in [5, 5.41) is 7.66. The van der Waals surface area contributed by atoms with Crippen molar-refractivity contribution in [1.29, 1.82) is 0 Å². The van der Waals surface area contributed by atoms with E-state index in [2.05, 4.69) is 15.6 Å². The van der Waals surface area contributed by atoms with E-state index in [0.29, 0.717) is 18.0 Å². The topological polar surface area (TPSA) is 63.2 Å². The van der Waals surface area contributed by atoms with Crippen LogP contribution in [-0.4, -0.2) is 18.1 Å². The van der Waals surface area contributed by atoms with E-state index in [9.17, 15) is 4.79 Å². The highest BCUT2D eigenvalue weighted by Gasteiger charge is 2.09. The fourth-order valence-electron chi connectivity index (χ4n) is 2.27. The van der Waals surface area contributed by atoms with Crippen LogP contribution in [0.3, 0.4) is 0 Å². The van der Waals surface area contributed by atoms with Gasteiger partial charge in [-0.2, -0.15) is 0 Å². The standard InChI is InChI=1S/C18H17N3O2S/c1-23-15-7-2-6-14(11-15)21-18(22)20-12-13-5-3-9-19-17(13)16-8-4-10-24-16/h2-11H,12H2,1H3,(H2,20,21,22). The molecule has 5 nitrogen and oxygen atoms in total. The zero-order valence-corrected chi connectivity index (χ0v) is 14.0. The highest BCUT2D eigenvalue weighted by atomic mass is 32.1. The molecule has 0 fully saturated rings. The highest BCUT2D eigenvalue weighted by molar-refractivity contribution is 7.13. The summed E-state index contributed by atoms with van der Waals surface area (Å²) in [4.78, 5) is 17.6. The molecule has 3 aromatic rings. The molecule has 2 aromatic heterocycles. The smallest absolute Gasteiger partial charge is 0.319 e. The Balaban J connectivity index is 1.65. The number of hydrogen-bond acceptors (Lipinski definition) is 4. The van der Waals surface area contributed by atoms with Crippen LogP contribution in [-0.2, 0) is 6.54 Å². The van der Waals surface area contributed by atoms with Gasteiger partial charge in [0.25, 0.3) is 0 Å². The van der Waals surface area contributed by atoms with E-state index in [0.717, 1.165) is 16.1 Å². The lowest BCUT2D eigenvalue weighted by molar-refractivity contribution is 0.251. The molecular formula is C18H17N3O2S. The third kappa shape index (κ3) is 3.91. The number of aromatic nitrogens is 1. The molecule has 0 radical (unpaired) electrons. The minimum Gasteiger partial charge on any atom is -0.497 e. The molecule has 1 aromatic carbocycles. The Morgan fingerprint density at radius 1 is 1.21 bits per heavy atom. The van der Waals surface area contributed by atoms with E-state index in [1.807, 2.05) is 47.8 Å². The molecule has 0 aliphatic heterocycles. The molecule has 2 amide bonds. The number of hydrogen-bond donors (Lipinski definition) is 2. The average Bonchev–Trinajstić information content (AvgIpc) is 3.15. The van der Waals surface area contributed by atoms with Gasteiger partial charge in [0.1, 0.15) is 5.75 Å². The van der Waals surface area contributed by atoms with Crippen LogP contribution in [0.4, 0.5) is 10.5 Å². The molecule has 2 N–H and O–H groups in total. The molecule has 0 atom stereocenters. The number of carbonyl (C=O) groups is 1. The number of rotatable bonds is 5. The van der Waals surface area contributed by atoms with Gasteiger partial charge in [-0.25, -0.2) is 4.79 Å². The molecule has 2 heterocycles. The Hall–Kier alpha value is -2.86. The molecule has 0 aliphatic rings. The zero-order valence-electron chi connectivity index (χ0n) is 13.2. The second-order valence-corrected chi connectivity index (χ2v) is 5.98. The summed E-state index contributed by atoms with van der Waals surface area (Å²) in [5.74, 6) is 0.694. The average molecular weight is 339 g/mol. The number of methoxy groups -OCH3 is 1. The Kier molecular flexibility index (Phi) is 5.08. The molecule has 0 unspecified atom stereocenters. The van der Waals surface area contributed by atoms with E-state index in [4.69, 9.17) is 4.74 Å². The summed E-state index contributed by atoms with van der Waals surface area (Å²) in [6, 6.07) is 14.8. The molecule has 0 aliphatic carbocycles. The van der Waals surface area contributed by atoms with Crippen LogP contribution in [0.15, 0.2) is 60.1 Å². The van der Waals surface area contributed by atoms with Crippen molar-refractivity contribution < 1.29 is 9.53 Å². The van der Waals surface area contributed by atoms with E-state index < -0.39 is 0 Å². The Labute approximate surface area is 144 Å². The van der Waals surface area contributed by atoms with Crippen molar-refractivity contribution in [1.82, 2.24) is 10.3 Å². The first-order valence-corrected chi connectivity index (χ1v) is 8.31. The molecule has 0 saturated carbocycles. The summed E-state index contributed by atoms with van der Waals surface area (Å²) >= 11 is 1.63. The molecule has 122 valence electrons. The summed E-state index contributed by atoms with van der Waals surface area (Å²) in [7, 11) is 1.59. The van der Waals surface area contributed by atoms with Gasteiger partial charge in [0.05, 0.1) is 17.7 Å². The normalized spacial score (nSPS) is 10.2. The quantitative estimate of drug-likeness (QED) is 0.734. The Bertz CT molecular complexity index is 819. The van der Waals surface area contributed by atoms with Gasteiger partial charge >= 0.3 is 6.03 Å². The van der Waals surface area contributed by atoms with Gasteiger partial charge in [0.2, 0.25) is 0 Å².